The fourth-order valence-corrected chi connectivity index (χ4v) is 4.97. The number of fused-ring (bicyclic) bond motifs is 2. The molecule has 4 aromatic heterocycles. The number of hydrogen-bond donors (Lipinski definition) is 0. The van der Waals surface area contributed by atoms with Gasteiger partial charge in [0.05, 0.1) is 43.8 Å². The molecule has 0 N–H and O–H groups in total. The highest BCUT2D eigenvalue weighted by molar-refractivity contribution is 5.99. The normalized spacial score (nSPS) is 11.4. The van der Waals surface area contributed by atoms with Crippen LogP contribution in [0.25, 0.3) is 16.6 Å². The average molecular weight is 505 g/mol. The first-order valence-electron chi connectivity index (χ1n) is 12.7. The lowest BCUT2D eigenvalue weighted by Gasteiger charge is -2.06. The number of carbonyl (C=O) groups excluding carboxylic acids is 1. The molecule has 0 spiro atoms. The molecule has 0 unspecified atom stereocenters. The third-order valence-corrected chi connectivity index (χ3v) is 6.85. The molecule has 0 atom stereocenters. The summed E-state index contributed by atoms with van der Waals surface area (Å²) in [7, 11) is 1.67. The molecule has 190 valence electrons. The maximum Gasteiger partial charge on any atom is 0.185 e. The van der Waals surface area contributed by atoms with Crippen LogP contribution in [-0.2, 0) is 25.9 Å². The molecule has 2 aromatic carbocycles. The molecule has 6 rings (SSSR count). The van der Waals surface area contributed by atoms with Gasteiger partial charge in [-0.1, -0.05) is 37.3 Å². The van der Waals surface area contributed by atoms with Gasteiger partial charge < -0.3 is 4.74 Å². The molecule has 4 heterocycles. The lowest BCUT2D eigenvalue weighted by molar-refractivity contribution is 0.0987. The van der Waals surface area contributed by atoms with Crippen LogP contribution >= 0.6 is 0 Å². The van der Waals surface area contributed by atoms with Gasteiger partial charge in [-0.3, -0.25) is 18.6 Å². The molecular formula is C30H28N6O2. The summed E-state index contributed by atoms with van der Waals surface area (Å²) in [6.45, 7) is 3.38. The van der Waals surface area contributed by atoms with E-state index < -0.39 is 0 Å². The van der Waals surface area contributed by atoms with Crippen LogP contribution in [0.15, 0.2) is 85.5 Å². The number of aromatic nitrogens is 6. The summed E-state index contributed by atoms with van der Waals surface area (Å²) in [5.74, 6) is 0.873. The molecule has 0 saturated carbocycles. The molecule has 0 aliphatic rings. The van der Waals surface area contributed by atoms with Crippen molar-refractivity contribution < 1.29 is 9.53 Å². The SMILES string of the molecule is CCc1nn(Cc2cnn(Cc3ccc(OC)cc3)c2)c2cccc(CC(=O)c3cnc4ccccn34)c12. The van der Waals surface area contributed by atoms with Crippen molar-refractivity contribution in [1.82, 2.24) is 28.9 Å². The highest BCUT2D eigenvalue weighted by Crippen LogP contribution is 2.26. The molecular weight excluding hydrogens is 476 g/mol. The third kappa shape index (κ3) is 4.45. The van der Waals surface area contributed by atoms with Gasteiger partial charge in [0, 0.05) is 29.8 Å². The predicted octanol–water partition coefficient (Wildman–Crippen LogP) is 4.97. The molecule has 0 radical (unpaired) electrons. The number of ketones is 1. The standard InChI is InChI=1S/C30H28N6O2/c1-3-25-30-23(15-28(37)27-17-31-29-9-4-5-14-35(27)29)7-6-8-26(30)36(33-25)20-22-16-32-34(19-22)18-21-10-12-24(38-2)13-11-21/h4-14,16-17,19H,3,15,18,20H2,1-2H3. The highest BCUT2D eigenvalue weighted by Gasteiger charge is 2.18. The maximum atomic E-state index is 13.3. The number of methoxy groups -OCH3 is 1. The Balaban J connectivity index is 1.26. The van der Waals surface area contributed by atoms with E-state index >= 15 is 0 Å². The monoisotopic (exact) mass is 504 g/mol. The van der Waals surface area contributed by atoms with Crippen LogP contribution in [0.5, 0.6) is 5.75 Å². The number of aryl methyl sites for hydroxylation is 1. The highest BCUT2D eigenvalue weighted by atomic mass is 16.5. The van der Waals surface area contributed by atoms with Crippen molar-refractivity contribution in [1.29, 1.82) is 0 Å². The van der Waals surface area contributed by atoms with Crippen molar-refractivity contribution in [2.75, 3.05) is 7.11 Å². The van der Waals surface area contributed by atoms with E-state index in [9.17, 15) is 4.79 Å². The summed E-state index contributed by atoms with van der Waals surface area (Å²) >= 11 is 0. The zero-order valence-electron chi connectivity index (χ0n) is 21.4. The van der Waals surface area contributed by atoms with Crippen molar-refractivity contribution in [2.45, 2.75) is 32.9 Å². The van der Waals surface area contributed by atoms with Crippen LogP contribution in [0.2, 0.25) is 0 Å². The Morgan fingerprint density at radius 3 is 2.63 bits per heavy atom. The number of ether oxygens (including phenoxy) is 1. The fourth-order valence-electron chi connectivity index (χ4n) is 4.97. The van der Waals surface area contributed by atoms with Crippen LogP contribution in [0.3, 0.4) is 0 Å². The van der Waals surface area contributed by atoms with Gasteiger partial charge in [-0.05, 0) is 47.9 Å². The topological polar surface area (TPSA) is 79.2 Å². The first-order valence-corrected chi connectivity index (χ1v) is 12.7. The van der Waals surface area contributed by atoms with E-state index in [1.54, 1.807) is 13.3 Å². The van der Waals surface area contributed by atoms with Crippen LogP contribution in [0, 0.1) is 0 Å². The van der Waals surface area contributed by atoms with E-state index in [0.29, 0.717) is 25.2 Å². The number of carbonyl (C=O) groups is 1. The number of nitrogens with zero attached hydrogens (tertiary/aromatic N) is 6. The molecule has 6 aromatic rings. The van der Waals surface area contributed by atoms with Crippen LogP contribution in [0.1, 0.15) is 39.8 Å². The summed E-state index contributed by atoms with van der Waals surface area (Å²) in [4.78, 5) is 17.7. The second-order valence-corrected chi connectivity index (χ2v) is 9.34. The van der Waals surface area contributed by atoms with Crippen molar-refractivity contribution in [3.63, 3.8) is 0 Å². The molecule has 8 nitrogen and oxygen atoms in total. The molecule has 0 saturated heterocycles. The molecule has 0 fully saturated rings. The lowest BCUT2D eigenvalue weighted by Crippen LogP contribution is -2.07. The zero-order valence-corrected chi connectivity index (χ0v) is 21.4. The number of rotatable bonds is 9. The second kappa shape index (κ2) is 9.97. The van der Waals surface area contributed by atoms with Gasteiger partial charge in [0.25, 0.3) is 0 Å². The van der Waals surface area contributed by atoms with E-state index in [0.717, 1.165) is 51.1 Å². The van der Waals surface area contributed by atoms with E-state index in [2.05, 4.69) is 29.3 Å². The summed E-state index contributed by atoms with van der Waals surface area (Å²) in [5, 5.41) is 10.6. The van der Waals surface area contributed by atoms with Gasteiger partial charge in [-0.25, -0.2) is 4.98 Å². The van der Waals surface area contributed by atoms with Crippen molar-refractivity contribution >= 4 is 22.3 Å². The number of hydrogen-bond acceptors (Lipinski definition) is 5. The minimum absolute atomic E-state index is 0.0332. The number of imidazole rings is 1. The van der Waals surface area contributed by atoms with Crippen LogP contribution < -0.4 is 4.74 Å². The second-order valence-electron chi connectivity index (χ2n) is 9.34. The molecule has 0 aliphatic carbocycles. The molecule has 0 amide bonds. The number of Topliss-reactive ketones (excluding diaryl/α,β-unsaturated/α-hetero) is 1. The summed E-state index contributed by atoms with van der Waals surface area (Å²) in [6.07, 6.45) is 8.55. The van der Waals surface area contributed by atoms with Crippen molar-refractivity contribution in [2.24, 2.45) is 0 Å². The quantitative estimate of drug-likeness (QED) is 0.260. The third-order valence-electron chi connectivity index (χ3n) is 6.85. The van der Waals surface area contributed by atoms with Gasteiger partial charge >= 0.3 is 0 Å². The smallest absolute Gasteiger partial charge is 0.185 e. The van der Waals surface area contributed by atoms with Crippen LogP contribution in [-0.4, -0.2) is 41.8 Å². The molecule has 38 heavy (non-hydrogen) atoms. The Kier molecular flexibility index (Phi) is 6.21. The number of pyridine rings is 1. The van der Waals surface area contributed by atoms with Crippen molar-refractivity contribution in [3.05, 3.63) is 114 Å². The summed E-state index contributed by atoms with van der Waals surface area (Å²) < 4.78 is 11.0. The first kappa shape index (κ1) is 23.7. The van der Waals surface area contributed by atoms with Crippen molar-refractivity contribution in [3.8, 4) is 5.75 Å². The van der Waals surface area contributed by atoms with E-state index in [1.165, 1.54) is 0 Å². The Hall–Kier alpha value is -4.72. The Morgan fingerprint density at radius 2 is 1.82 bits per heavy atom. The predicted molar refractivity (Wildman–Crippen MR) is 146 cm³/mol. The fraction of sp³-hybridized carbons (Fsp3) is 0.200. The van der Waals surface area contributed by atoms with Gasteiger partial charge in [0.2, 0.25) is 0 Å². The van der Waals surface area contributed by atoms with Crippen LogP contribution in [0.4, 0.5) is 0 Å². The molecule has 0 aliphatic heterocycles. The molecule has 0 bridgehead atoms. The van der Waals surface area contributed by atoms with Gasteiger partial charge in [-0.15, -0.1) is 0 Å². The van der Waals surface area contributed by atoms with E-state index in [4.69, 9.17) is 9.84 Å². The average Bonchev–Trinajstić information content (AvgIpc) is 3.67. The Bertz CT molecular complexity index is 1740. The minimum atomic E-state index is 0.0332. The van der Waals surface area contributed by atoms with Gasteiger partial charge in [0.1, 0.15) is 17.1 Å². The van der Waals surface area contributed by atoms with E-state index in [-0.39, 0.29) is 5.78 Å². The molecule has 8 heteroatoms. The largest absolute Gasteiger partial charge is 0.497 e. The summed E-state index contributed by atoms with van der Waals surface area (Å²) in [6, 6.07) is 19.8. The first-order chi connectivity index (χ1) is 18.6. The lowest BCUT2D eigenvalue weighted by atomic mass is 10.0. The Labute approximate surface area is 220 Å². The van der Waals surface area contributed by atoms with Gasteiger partial charge in [-0.2, -0.15) is 10.2 Å². The zero-order chi connectivity index (χ0) is 26.1. The maximum absolute atomic E-state index is 13.3. The van der Waals surface area contributed by atoms with Gasteiger partial charge in [0.15, 0.2) is 5.78 Å². The minimum Gasteiger partial charge on any atom is -0.497 e. The van der Waals surface area contributed by atoms with E-state index in [1.807, 2.05) is 80.8 Å². The summed E-state index contributed by atoms with van der Waals surface area (Å²) in [5.41, 5.74) is 6.57. The Morgan fingerprint density at radius 1 is 0.947 bits per heavy atom. The number of benzene rings is 2.